The van der Waals surface area contributed by atoms with Gasteiger partial charge in [-0.3, -0.25) is 14.4 Å². The molecular weight excluding hydrogens is 418 g/mol. The highest BCUT2D eigenvalue weighted by Gasteiger charge is 2.44. The zero-order valence-electron chi connectivity index (χ0n) is 19.2. The van der Waals surface area contributed by atoms with Crippen LogP contribution in [-0.2, 0) is 29.0 Å². The molecule has 0 N–H and O–H groups in total. The third-order valence-electron chi connectivity index (χ3n) is 7.44. The highest BCUT2D eigenvalue weighted by molar-refractivity contribution is 5.96. The van der Waals surface area contributed by atoms with Gasteiger partial charge in [0, 0.05) is 50.8 Å². The molecule has 2 aromatic rings. The lowest BCUT2D eigenvalue weighted by Gasteiger charge is -2.31. The zero-order chi connectivity index (χ0) is 23.0. The van der Waals surface area contributed by atoms with Gasteiger partial charge in [-0.2, -0.15) is 0 Å². The Balaban J connectivity index is 1.53. The molecule has 2 fully saturated rings. The SMILES string of the molecule is CCC(=O)N1CCc2c(cn(Cc3ccccc3)c(=O)c2C(=O)N2CCC3(CCOC3)C2)C1. The summed E-state index contributed by atoms with van der Waals surface area (Å²) in [6.07, 6.45) is 4.72. The number of pyridine rings is 1. The van der Waals surface area contributed by atoms with Crippen molar-refractivity contribution in [2.45, 2.75) is 45.7 Å². The van der Waals surface area contributed by atoms with Crippen LogP contribution in [0.15, 0.2) is 41.3 Å². The molecule has 7 heteroatoms. The van der Waals surface area contributed by atoms with E-state index >= 15 is 0 Å². The van der Waals surface area contributed by atoms with Crippen LogP contribution >= 0.6 is 0 Å². The third-order valence-corrected chi connectivity index (χ3v) is 7.44. The molecule has 2 saturated heterocycles. The topological polar surface area (TPSA) is 71.9 Å². The number of carbonyl (C=O) groups excluding carboxylic acids is 2. The molecule has 1 spiro atoms. The first-order chi connectivity index (χ1) is 16.0. The summed E-state index contributed by atoms with van der Waals surface area (Å²) >= 11 is 0. The van der Waals surface area contributed by atoms with Crippen molar-refractivity contribution in [3.63, 3.8) is 0 Å². The number of hydrogen-bond acceptors (Lipinski definition) is 4. The number of rotatable bonds is 4. The fourth-order valence-electron chi connectivity index (χ4n) is 5.50. The Hall–Kier alpha value is -2.93. The maximum atomic E-state index is 13.7. The Labute approximate surface area is 193 Å². The van der Waals surface area contributed by atoms with E-state index in [0.29, 0.717) is 57.7 Å². The van der Waals surface area contributed by atoms with Gasteiger partial charge in [0.05, 0.1) is 13.2 Å². The molecule has 1 unspecified atom stereocenters. The smallest absolute Gasteiger partial charge is 0.264 e. The molecule has 1 aromatic heterocycles. The van der Waals surface area contributed by atoms with Crippen molar-refractivity contribution in [3.05, 3.63) is 69.1 Å². The Morgan fingerprint density at radius 3 is 2.64 bits per heavy atom. The highest BCUT2D eigenvalue weighted by Crippen LogP contribution is 2.38. The van der Waals surface area contributed by atoms with Gasteiger partial charge in [-0.1, -0.05) is 37.3 Å². The molecule has 5 rings (SSSR count). The second-order valence-corrected chi connectivity index (χ2v) is 9.62. The lowest BCUT2D eigenvalue weighted by atomic mass is 9.87. The number of benzene rings is 1. The summed E-state index contributed by atoms with van der Waals surface area (Å²) in [4.78, 5) is 43.4. The quantitative estimate of drug-likeness (QED) is 0.719. The molecule has 3 aliphatic heterocycles. The van der Waals surface area contributed by atoms with E-state index in [-0.39, 0.29) is 22.8 Å². The molecule has 33 heavy (non-hydrogen) atoms. The lowest BCUT2D eigenvalue weighted by Crippen LogP contribution is -2.42. The van der Waals surface area contributed by atoms with Crippen LogP contribution in [0.3, 0.4) is 0 Å². The zero-order valence-corrected chi connectivity index (χ0v) is 19.2. The molecule has 0 radical (unpaired) electrons. The molecule has 0 saturated carbocycles. The normalized spacial score (nSPS) is 22.1. The summed E-state index contributed by atoms with van der Waals surface area (Å²) in [5.41, 5.74) is 2.82. The summed E-state index contributed by atoms with van der Waals surface area (Å²) < 4.78 is 7.26. The van der Waals surface area contributed by atoms with Crippen molar-refractivity contribution in [2.75, 3.05) is 32.8 Å². The summed E-state index contributed by atoms with van der Waals surface area (Å²) in [6.45, 7) is 5.98. The molecule has 1 aromatic carbocycles. The number of amides is 2. The van der Waals surface area contributed by atoms with Crippen LogP contribution in [0.4, 0.5) is 0 Å². The molecular formula is C26H31N3O4. The van der Waals surface area contributed by atoms with Crippen LogP contribution in [0.1, 0.15) is 53.2 Å². The second kappa shape index (κ2) is 8.78. The van der Waals surface area contributed by atoms with Crippen molar-refractivity contribution in [1.82, 2.24) is 14.4 Å². The standard InChI is InChI=1S/C26H31N3O4/c1-2-22(30)27-11-8-21-20(15-27)16-29(14-19-6-4-3-5-7-19)25(32)23(21)24(31)28-12-9-26(17-28)10-13-33-18-26/h3-7,16H,2,8-15,17-18H2,1H3. The lowest BCUT2D eigenvalue weighted by molar-refractivity contribution is -0.131. The van der Waals surface area contributed by atoms with Gasteiger partial charge in [0.25, 0.3) is 11.5 Å². The minimum atomic E-state index is -0.235. The maximum absolute atomic E-state index is 13.7. The van der Waals surface area contributed by atoms with Gasteiger partial charge in [-0.05, 0) is 36.0 Å². The van der Waals surface area contributed by atoms with Crippen molar-refractivity contribution in [2.24, 2.45) is 5.41 Å². The second-order valence-electron chi connectivity index (χ2n) is 9.62. The Kier molecular flexibility index (Phi) is 5.83. The maximum Gasteiger partial charge on any atom is 0.264 e. The largest absolute Gasteiger partial charge is 0.381 e. The van der Waals surface area contributed by atoms with Gasteiger partial charge in [0.15, 0.2) is 0 Å². The van der Waals surface area contributed by atoms with Crippen LogP contribution in [0.5, 0.6) is 0 Å². The number of likely N-dealkylation sites (tertiary alicyclic amines) is 1. The van der Waals surface area contributed by atoms with Gasteiger partial charge in [-0.25, -0.2) is 0 Å². The molecule has 0 aliphatic carbocycles. The van der Waals surface area contributed by atoms with E-state index in [4.69, 9.17) is 4.74 Å². The van der Waals surface area contributed by atoms with Gasteiger partial charge in [-0.15, -0.1) is 0 Å². The highest BCUT2D eigenvalue weighted by atomic mass is 16.5. The van der Waals surface area contributed by atoms with Crippen molar-refractivity contribution < 1.29 is 14.3 Å². The third kappa shape index (κ3) is 4.10. The minimum Gasteiger partial charge on any atom is -0.381 e. The molecule has 1 atom stereocenters. The van der Waals surface area contributed by atoms with Crippen LogP contribution in [0.2, 0.25) is 0 Å². The van der Waals surface area contributed by atoms with Crippen molar-refractivity contribution >= 4 is 11.8 Å². The van der Waals surface area contributed by atoms with Crippen LogP contribution in [0.25, 0.3) is 0 Å². The number of ether oxygens (including phenoxy) is 1. The first-order valence-electron chi connectivity index (χ1n) is 11.9. The average molecular weight is 450 g/mol. The summed E-state index contributed by atoms with van der Waals surface area (Å²) in [5, 5.41) is 0. The molecule has 2 amide bonds. The molecule has 4 heterocycles. The van der Waals surface area contributed by atoms with E-state index in [0.717, 1.165) is 36.1 Å². The number of hydrogen-bond donors (Lipinski definition) is 0. The van der Waals surface area contributed by atoms with E-state index in [9.17, 15) is 14.4 Å². The van der Waals surface area contributed by atoms with Crippen LogP contribution in [-0.4, -0.2) is 59.0 Å². The summed E-state index contributed by atoms with van der Waals surface area (Å²) in [7, 11) is 0. The van der Waals surface area contributed by atoms with Crippen molar-refractivity contribution in [3.8, 4) is 0 Å². The number of nitrogens with zero attached hydrogens (tertiary/aromatic N) is 3. The van der Waals surface area contributed by atoms with Gasteiger partial charge in [0.2, 0.25) is 5.91 Å². The number of fused-ring (bicyclic) bond motifs is 1. The van der Waals surface area contributed by atoms with E-state index in [1.165, 1.54) is 0 Å². The van der Waals surface area contributed by atoms with Gasteiger partial charge < -0.3 is 19.1 Å². The number of aromatic nitrogens is 1. The predicted octanol–water partition coefficient (Wildman–Crippen LogP) is 2.44. The van der Waals surface area contributed by atoms with E-state index in [1.54, 1.807) is 4.57 Å². The Morgan fingerprint density at radius 1 is 1.09 bits per heavy atom. The van der Waals surface area contributed by atoms with E-state index < -0.39 is 0 Å². The first kappa shape index (κ1) is 21.9. The fourth-order valence-corrected chi connectivity index (χ4v) is 5.50. The summed E-state index contributed by atoms with van der Waals surface area (Å²) in [5.74, 6) is -0.0743. The van der Waals surface area contributed by atoms with Crippen molar-refractivity contribution in [1.29, 1.82) is 0 Å². The molecule has 3 aliphatic rings. The Bertz CT molecular complexity index is 1120. The average Bonchev–Trinajstić information content (AvgIpc) is 3.48. The molecule has 7 nitrogen and oxygen atoms in total. The minimum absolute atomic E-state index is 0.0396. The predicted molar refractivity (Wildman–Crippen MR) is 124 cm³/mol. The first-order valence-corrected chi connectivity index (χ1v) is 11.9. The monoisotopic (exact) mass is 449 g/mol. The molecule has 0 bridgehead atoms. The van der Waals surface area contributed by atoms with Crippen LogP contribution in [0, 0.1) is 5.41 Å². The van der Waals surface area contributed by atoms with Gasteiger partial charge in [0.1, 0.15) is 5.56 Å². The van der Waals surface area contributed by atoms with E-state index in [2.05, 4.69) is 0 Å². The molecule has 174 valence electrons. The van der Waals surface area contributed by atoms with E-state index in [1.807, 2.05) is 53.3 Å². The van der Waals surface area contributed by atoms with Crippen LogP contribution < -0.4 is 5.56 Å². The number of carbonyl (C=O) groups is 2. The fraction of sp³-hybridized carbons (Fsp3) is 0.500. The summed E-state index contributed by atoms with van der Waals surface area (Å²) in [6, 6.07) is 9.78. The van der Waals surface area contributed by atoms with Gasteiger partial charge >= 0.3 is 0 Å². The Morgan fingerprint density at radius 2 is 1.91 bits per heavy atom.